The van der Waals surface area contributed by atoms with Crippen LogP contribution >= 0.6 is 11.8 Å². The zero-order valence-electron chi connectivity index (χ0n) is 11.9. The summed E-state index contributed by atoms with van der Waals surface area (Å²) in [6.07, 6.45) is 3.62. The van der Waals surface area contributed by atoms with Crippen molar-refractivity contribution in [1.82, 2.24) is 0 Å². The molecule has 2 aromatic rings. The fourth-order valence-electron chi connectivity index (χ4n) is 2.46. The largest absolute Gasteiger partial charge is 0.293 e. The predicted molar refractivity (Wildman–Crippen MR) is 91.7 cm³/mol. The van der Waals surface area contributed by atoms with Gasteiger partial charge in [-0.2, -0.15) is 0 Å². The van der Waals surface area contributed by atoms with E-state index in [0.717, 1.165) is 17.2 Å². The van der Waals surface area contributed by atoms with Crippen molar-refractivity contribution in [2.24, 2.45) is 4.99 Å². The first-order valence-corrected chi connectivity index (χ1v) is 7.54. The molecule has 2 nitrogen and oxygen atoms in total. The second kappa shape index (κ2) is 5.62. The summed E-state index contributed by atoms with van der Waals surface area (Å²) in [4.78, 5) is 8.81. The lowest BCUT2D eigenvalue weighted by Gasteiger charge is -2.33. The number of aliphatic imine (C=N–C) groups is 1. The number of para-hydroxylation sites is 1. The molecule has 3 heteroatoms. The normalized spacial score (nSPS) is 13.4. The zero-order chi connectivity index (χ0) is 14.8. The summed E-state index contributed by atoms with van der Waals surface area (Å²) in [6, 6.07) is 14.7. The van der Waals surface area contributed by atoms with Gasteiger partial charge < -0.3 is 0 Å². The number of allylic oxidation sites excluding steroid dienone is 2. The molecule has 1 heterocycles. The Hall–Kier alpha value is -2.26. The van der Waals surface area contributed by atoms with Crippen molar-refractivity contribution >= 4 is 29.9 Å². The lowest BCUT2D eigenvalue weighted by Crippen LogP contribution is -2.19. The molecular formula is C18H16N2S. The van der Waals surface area contributed by atoms with Gasteiger partial charge in [0.15, 0.2) is 0 Å². The lowest BCUT2D eigenvalue weighted by molar-refractivity contribution is 1.05. The molecule has 1 aliphatic rings. The van der Waals surface area contributed by atoms with Crippen LogP contribution in [-0.2, 0) is 0 Å². The van der Waals surface area contributed by atoms with Gasteiger partial charge in [-0.3, -0.25) is 4.90 Å². The van der Waals surface area contributed by atoms with Crippen LogP contribution in [0.25, 0.3) is 0 Å². The third-order valence-corrected chi connectivity index (χ3v) is 4.71. The van der Waals surface area contributed by atoms with Crippen LogP contribution in [0.2, 0.25) is 0 Å². The maximum absolute atomic E-state index is 4.19. The van der Waals surface area contributed by atoms with E-state index in [9.17, 15) is 0 Å². The van der Waals surface area contributed by atoms with E-state index in [2.05, 4.69) is 66.5 Å². The summed E-state index contributed by atoms with van der Waals surface area (Å²) in [6.45, 7) is 9.62. The Morgan fingerprint density at radius 2 is 1.90 bits per heavy atom. The molecule has 3 rings (SSSR count). The highest BCUT2D eigenvalue weighted by molar-refractivity contribution is 7.99. The Labute approximate surface area is 129 Å². The number of anilines is 2. The van der Waals surface area contributed by atoms with Crippen LogP contribution in [-0.4, -0.2) is 6.72 Å². The first kappa shape index (κ1) is 13.7. The molecule has 0 saturated heterocycles. The summed E-state index contributed by atoms with van der Waals surface area (Å²) in [5.41, 5.74) is 3.53. The Morgan fingerprint density at radius 3 is 2.67 bits per heavy atom. The predicted octanol–water partition coefficient (Wildman–Crippen LogP) is 5.33. The first-order chi connectivity index (χ1) is 10.3. The van der Waals surface area contributed by atoms with Gasteiger partial charge in [-0.05, 0) is 43.5 Å². The van der Waals surface area contributed by atoms with E-state index >= 15 is 0 Å². The number of nitrogens with zero attached hydrogens (tertiary/aromatic N) is 2. The maximum atomic E-state index is 4.19. The summed E-state index contributed by atoms with van der Waals surface area (Å²) in [5, 5.41) is 0. The third kappa shape index (κ3) is 2.30. The van der Waals surface area contributed by atoms with Crippen molar-refractivity contribution < 1.29 is 0 Å². The van der Waals surface area contributed by atoms with Crippen LogP contribution in [0.5, 0.6) is 0 Å². The highest BCUT2D eigenvalue weighted by Crippen LogP contribution is 2.50. The average molecular weight is 292 g/mol. The van der Waals surface area contributed by atoms with Gasteiger partial charge in [0.25, 0.3) is 0 Å². The van der Waals surface area contributed by atoms with Crippen molar-refractivity contribution in [3.63, 3.8) is 0 Å². The minimum atomic E-state index is 0.782. The summed E-state index contributed by atoms with van der Waals surface area (Å²) in [7, 11) is 0. The zero-order valence-corrected chi connectivity index (χ0v) is 12.7. The minimum absolute atomic E-state index is 0.782. The van der Waals surface area contributed by atoms with E-state index in [-0.39, 0.29) is 0 Å². The van der Waals surface area contributed by atoms with Gasteiger partial charge in [0.1, 0.15) is 5.82 Å². The molecule has 0 atom stereocenters. The summed E-state index contributed by atoms with van der Waals surface area (Å²) in [5.74, 6) is 0.782. The minimum Gasteiger partial charge on any atom is -0.293 e. The van der Waals surface area contributed by atoms with Crippen molar-refractivity contribution in [3.05, 3.63) is 72.6 Å². The molecule has 0 radical (unpaired) electrons. The van der Waals surface area contributed by atoms with E-state index < -0.39 is 0 Å². The Bertz CT molecular complexity index is 747. The Morgan fingerprint density at radius 1 is 1.14 bits per heavy atom. The smallest absolute Gasteiger partial charge is 0.136 e. The van der Waals surface area contributed by atoms with Gasteiger partial charge in [0.2, 0.25) is 0 Å². The molecule has 0 bridgehead atoms. The summed E-state index contributed by atoms with van der Waals surface area (Å²) >= 11 is 1.80. The second-order valence-corrected chi connectivity index (χ2v) is 5.80. The Kier molecular flexibility index (Phi) is 3.67. The van der Waals surface area contributed by atoms with Gasteiger partial charge in [0.05, 0.1) is 11.4 Å². The molecule has 0 aromatic heterocycles. The van der Waals surface area contributed by atoms with E-state index in [1.807, 2.05) is 12.1 Å². The van der Waals surface area contributed by atoms with E-state index in [0.29, 0.717) is 0 Å². The molecule has 0 amide bonds. The van der Waals surface area contributed by atoms with Gasteiger partial charge in [0, 0.05) is 9.79 Å². The van der Waals surface area contributed by atoms with Gasteiger partial charge in [-0.1, -0.05) is 48.7 Å². The molecule has 0 aliphatic carbocycles. The van der Waals surface area contributed by atoms with Crippen LogP contribution in [0.1, 0.15) is 5.56 Å². The quantitative estimate of drug-likeness (QED) is 0.561. The molecule has 1 aliphatic heterocycles. The lowest BCUT2D eigenvalue weighted by atomic mass is 10.1. The van der Waals surface area contributed by atoms with E-state index in [1.54, 1.807) is 17.8 Å². The molecule has 2 aromatic carbocycles. The number of fused-ring (bicyclic) bond motifs is 2. The topological polar surface area (TPSA) is 15.6 Å². The van der Waals surface area contributed by atoms with Gasteiger partial charge in [-0.15, -0.1) is 0 Å². The highest BCUT2D eigenvalue weighted by Gasteiger charge is 2.26. The monoisotopic (exact) mass is 292 g/mol. The van der Waals surface area contributed by atoms with Crippen molar-refractivity contribution in [3.8, 4) is 0 Å². The number of hydrogen-bond donors (Lipinski definition) is 0. The third-order valence-electron chi connectivity index (χ3n) is 3.41. The van der Waals surface area contributed by atoms with Gasteiger partial charge >= 0.3 is 0 Å². The van der Waals surface area contributed by atoms with Crippen LogP contribution in [0, 0.1) is 6.92 Å². The molecule has 0 saturated carbocycles. The fourth-order valence-corrected chi connectivity index (χ4v) is 3.59. The first-order valence-electron chi connectivity index (χ1n) is 6.72. The van der Waals surface area contributed by atoms with Crippen LogP contribution < -0.4 is 4.90 Å². The molecule has 21 heavy (non-hydrogen) atoms. The number of hydrogen-bond acceptors (Lipinski definition) is 3. The standard InChI is InChI=1S/C18H16N2S/c1-4-8-17(19-3)20-14-10-5-6-12-16(14)21-18-13(2)9-7-11-15(18)20/h4-12H,1,3H2,2H3/b17-8+. The number of aryl methyl sites for hydroxylation is 1. The van der Waals surface area contributed by atoms with Crippen LogP contribution in [0.15, 0.2) is 81.8 Å². The summed E-state index contributed by atoms with van der Waals surface area (Å²) < 4.78 is 0. The van der Waals surface area contributed by atoms with Crippen LogP contribution in [0.4, 0.5) is 11.4 Å². The van der Waals surface area contributed by atoms with Crippen molar-refractivity contribution in [2.45, 2.75) is 16.7 Å². The molecular weight excluding hydrogens is 276 g/mol. The molecule has 0 N–H and O–H groups in total. The Balaban J connectivity index is 2.28. The van der Waals surface area contributed by atoms with Crippen molar-refractivity contribution in [2.75, 3.05) is 4.90 Å². The second-order valence-electron chi connectivity index (χ2n) is 4.75. The van der Waals surface area contributed by atoms with Crippen LogP contribution in [0.3, 0.4) is 0 Å². The van der Waals surface area contributed by atoms with Crippen molar-refractivity contribution in [1.29, 1.82) is 0 Å². The number of benzene rings is 2. The van der Waals surface area contributed by atoms with E-state index in [1.165, 1.54) is 15.4 Å². The van der Waals surface area contributed by atoms with E-state index in [4.69, 9.17) is 0 Å². The SMILES string of the molecule is C=C/C=C(\N=C)N1c2ccccc2Sc2c(C)cccc21. The molecule has 104 valence electrons. The number of rotatable bonds is 3. The maximum Gasteiger partial charge on any atom is 0.136 e. The fraction of sp³-hybridized carbons (Fsp3) is 0.0556. The molecule has 0 spiro atoms. The highest BCUT2D eigenvalue weighted by atomic mass is 32.2. The molecule has 0 unspecified atom stereocenters. The average Bonchev–Trinajstić information content (AvgIpc) is 2.52. The van der Waals surface area contributed by atoms with Gasteiger partial charge in [-0.25, -0.2) is 4.99 Å². The molecule has 0 fully saturated rings.